The molecule has 2 aliphatic rings. The number of hydrogen-bond donors (Lipinski definition) is 1. The zero-order chi connectivity index (χ0) is 12.5. The number of methoxy groups -OCH3 is 1. The average molecular weight is 248 g/mol. The minimum absolute atomic E-state index is 0.497. The number of nitrogens with zero attached hydrogens (tertiary/aromatic N) is 1. The van der Waals surface area contributed by atoms with Gasteiger partial charge in [-0.15, -0.1) is 0 Å². The Balaban J connectivity index is 2.00. The van der Waals surface area contributed by atoms with Crippen molar-refractivity contribution in [2.45, 2.75) is 13.0 Å². The summed E-state index contributed by atoms with van der Waals surface area (Å²) in [5, 5.41) is 3.53. The summed E-state index contributed by atoms with van der Waals surface area (Å²) >= 11 is 0. The van der Waals surface area contributed by atoms with E-state index in [4.69, 9.17) is 9.47 Å². The second-order valence-corrected chi connectivity index (χ2v) is 4.91. The van der Waals surface area contributed by atoms with Crippen LogP contribution in [0.1, 0.15) is 6.92 Å². The molecular weight excluding hydrogens is 228 g/mol. The molecule has 1 fully saturated rings. The van der Waals surface area contributed by atoms with Crippen LogP contribution in [-0.2, 0) is 4.74 Å². The van der Waals surface area contributed by atoms with Crippen molar-refractivity contribution in [3.05, 3.63) is 18.2 Å². The molecule has 2 heterocycles. The molecular formula is C14H20N2O2. The normalized spacial score (nSPS) is 26.0. The smallest absolute Gasteiger partial charge is 0.121 e. The number of rotatable bonds is 2. The second kappa shape index (κ2) is 4.69. The van der Waals surface area contributed by atoms with Crippen LogP contribution in [0.15, 0.2) is 18.2 Å². The van der Waals surface area contributed by atoms with Crippen LogP contribution in [0.5, 0.6) is 5.75 Å². The minimum Gasteiger partial charge on any atom is -0.497 e. The molecule has 4 nitrogen and oxygen atoms in total. The van der Waals surface area contributed by atoms with Gasteiger partial charge >= 0.3 is 0 Å². The summed E-state index contributed by atoms with van der Waals surface area (Å²) in [4.78, 5) is 2.45. The summed E-state index contributed by atoms with van der Waals surface area (Å²) in [6.07, 6.45) is 0. The highest BCUT2D eigenvalue weighted by atomic mass is 16.5. The zero-order valence-electron chi connectivity index (χ0n) is 11.0. The van der Waals surface area contributed by atoms with Gasteiger partial charge in [0.25, 0.3) is 0 Å². The van der Waals surface area contributed by atoms with Crippen molar-refractivity contribution in [2.24, 2.45) is 5.92 Å². The van der Waals surface area contributed by atoms with Crippen molar-refractivity contribution in [1.82, 2.24) is 0 Å². The molecule has 4 heteroatoms. The number of fused-ring (bicyclic) bond motifs is 2. The molecule has 0 aliphatic carbocycles. The fourth-order valence-corrected chi connectivity index (χ4v) is 2.99. The van der Waals surface area contributed by atoms with Crippen molar-refractivity contribution in [3.63, 3.8) is 0 Å². The van der Waals surface area contributed by atoms with E-state index in [0.29, 0.717) is 12.0 Å². The van der Waals surface area contributed by atoms with Crippen LogP contribution in [0.2, 0.25) is 0 Å². The molecule has 2 atom stereocenters. The number of likely N-dealkylation sites (N-methyl/N-ethyl adjacent to an activating group) is 1. The molecule has 2 unspecified atom stereocenters. The summed E-state index contributed by atoms with van der Waals surface area (Å²) in [6, 6.07) is 6.75. The summed E-state index contributed by atoms with van der Waals surface area (Å²) < 4.78 is 10.9. The molecule has 0 aromatic heterocycles. The molecule has 3 rings (SSSR count). The molecule has 0 amide bonds. The largest absolute Gasteiger partial charge is 0.497 e. The van der Waals surface area contributed by atoms with Gasteiger partial charge in [0, 0.05) is 25.1 Å². The molecule has 0 bridgehead atoms. The lowest BCUT2D eigenvalue weighted by molar-refractivity contribution is 0.185. The van der Waals surface area contributed by atoms with Gasteiger partial charge in [-0.1, -0.05) is 0 Å². The third kappa shape index (κ3) is 1.81. The lowest BCUT2D eigenvalue weighted by atomic mass is 10.0. The van der Waals surface area contributed by atoms with Crippen molar-refractivity contribution in [2.75, 3.05) is 43.6 Å². The van der Waals surface area contributed by atoms with Gasteiger partial charge in [0.05, 0.1) is 37.7 Å². The van der Waals surface area contributed by atoms with Crippen LogP contribution in [0.4, 0.5) is 11.4 Å². The predicted octanol–water partition coefficient (Wildman–Crippen LogP) is 1.96. The van der Waals surface area contributed by atoms with Crippen molar-refractivity contribution >= 4 is 11.4 Å². The van der Waals surface area contributed by atoms with Crippen LogP contribution in [0.3, 0.4) is 0 Å². The molecule has 1 aromatic rings. The van der Waals surface area contributed by atoms with Gasteiger partial charge in [0.2, 0.25) is 0 Å². The minimum atomic E-state index is 0.497. The average Bonchev–Trinajstić information content (AvgIpc) is 2.81. The number of ether oxygens (including phenoxy) is 2. The van der Waals surface area contributed by atoms with Crippen molar-refractivity contribution in [1.29, 1.82) is 0 Å². The predicted molar refractivity (Wildman–Crippen MR) is 72.6 cm³/mol. The van der Waals surface area contributed by atoms with E-state index in [-0.39, 0.29) is 0 Å². The highest BCUT2D eigenvalue weighted by Gasteiger charge is 2.35. The molecule has 1 aromatic carbocycles. The SMILES string of the molecule is CCN1c2ccc(OC)cc2NCC2COCC21. The summed E-state index contributed by atoms with van der Waals surface area (Å²) in [5.41, 5.74) is 2.43. The maximum absolute atomic E-state index is 5.63. The number of hydrogen-bond acceptors (Lipinski definition) is 4. The Kier molecular flexibility index (Phi) is 3.04. The first kappa shape index (κ1) is 11.7. The van der Waals surface area contributed by atoms with Gasteiger partial charge < -0.3 is 19.7 Å². The number of anilines is 2. The first-order valence-electron chi connectivity index (χ1n) is 6.59. The second-order valence-electron chi connectivity index (χ2n) is 4.91. The molecule has 98 valence electrons. The zero-order valence-corrected chi connectivity index (χ0v) is 11.0. The Bertz CT molecular complexity index is 436. The molecule has 0 radical (unpaired) electrons. The molecule has 2 aliphatic heterocycles. The van der Waals surface area contributed by atoms with Gasteiger partial charge in [-0.2, -0.15) is 0 Å². The highest BCUT2D eigenvalue weighted by Crippen LogP contribution is 2.37. The topological polar surface area (TPSA) is 33.7 Å². The monoisotopic (exact) mass is 248 g/mol. The van der Waals surface area contributed by atoms with Crippen LogP contribution in [-0.4, -0.2) is 39.5 Å². The lowest BCUT2D eigenvalue weighted by Gasteiger charge is -2.30. The summed E-state index contributed by atoms with van der Waals surface area (Å²) in [7, 11) is 1.71. The first-order valence-corrected chi connectivity index (χ1v) is 6.59. The van der Waals surface area contributed by atoms with E-state index in [9.17, 15) is 0 Å². The maximum atomic E-state index is 5.63. The Morgan fingerprint density at radius 1 is 1.44 bits per heavy atom. The van der Waals surface area contributed by atoms with Gasteiger partial charge in [-0.05, 0) is 19.1 Å². The Hall–Kier alpha value is -1.42. The third-order valence-electron chi connectivity index (χ3n) is 3.97. The lowest BCUT2D eigenvalue weighted by Crippen LogP contribution is -2.40. The highest BCUT2D eigenvalue weighted by molar-refractivity contribution is 5.73. The third-order valence-corrected chi connectivity index (χ3v) is 3.97. The van der Waals surface area contributed by atoms with E-state index in [0.717, 1.165) is 32.1 Å². The molecule has 0 spiro atoms. The fraction of sp³-hybridized carbons (Fsp3) is 0.571. The maximum Gasteiger partial charge on any atom is 0.121 e. The molecule has 18 heavy (non-hydrogen) atoms. The number of benzene rings is 1. The number of nitrogens with one attached hydrogen (secondary N) is 1. The van der Waals surface area contributed by atoms with E-state index < -0.39 is 0 Å². The van der Waals surface area contributed by atoms with Gasteiger partial charge in [0.15, 0.2) is 0 Å². The van der Waals surface area contributed by atoms with Crippen LogP contribution >= 0.6 is 0 Å². The Morgan fingerprint density at radius 2 is 2.33 bits per heavy atom. The fourth-order valence-electron chi connectivity index (χ4n) is 2.99. The Morgan fingerprint density at radius 3 is 3.11 bits per heavy atom. The van der Waals surface area contributed by atoms with E-state index in [1.807, 2.05) is 6.07 Å². The van der Waals surface area contributed by atoms with Crippen molar-refractivity contribution < 1.29 is 9.47 Å². The van der Waals surface area contributed by atoms with E-state index in [2.05, 4.69) is 29.3 Å². The van der Waals surface area contributed by atoms with E-state index in [1.54, 1.807) is 7.11 Å². The van der Waals surface area contributed by atoms with Crippen LogP contribution in [0.25, 0.3) is 0 Å². The first-order chi connectivity index (χ1) is 8.83. The van der Waals surface area contributed by atoms with Crippen molar-refractivity contribution in [3.8, 4) is 5.75 Å². The molecule has 0 saturated carbocycles. The summed E-state index contributed by atoms with van der Waals surface area (Å²) in [5.74, 6) is 1.48. The Labute approximate surface area is 108 Å². The summed E-state index contributed by atoms with van der Waals surface area (Å²) in [6.45, 7) is 5.88. The van der Waals surface area contributed by atoms with E-state index >= 15 is 0 Å². The van der Waals surface area contributed by atoms with E-state index in [1.165, 1.54) is 11.4 Å². The van der Waals surface area contributed by atoms with Gasteiger partial charge in [0.1, 0.15) is 5.75 Å². The van der Waals surface area contributed by atoms with Crippen LogP contribution < -0.4 is 15.0 Å². The molecule has 1 N–H and O–H groups in total. The molecule has 1 saturated heterocycles. The van der Waals surface area contributed by atoms with Gasteiger partial charge in [-0.25, -0.2) is 0 Å². The quantitative estimate of drug-likeness (QED) is 0.867. The van der Waals surface area contributed by atoms with Crippen LogP contribution in [0, 0.1) is 5.92 Å². The standard InChI is InChI=1S/C14H20N2O2/c1-3-16-13-5-4-11(17-2)6-12(13)15-7-10-8-18-9-14(10)16/h4-6,10,14-15H,3,7-9H2,1-2H3. The van der Waals surface area contributed by atoms with Gasteiger partial charge in [-0.3, -0.25) is 0 Å².